The first-order valence-corrected chi connectivity index (χ1v) is 8.02. The Bertz CT molecular complexity index is 814. The van der Waals surface area contributed by atoms with Gasteiger partial charge in [-0.3, -0.25) is 4.79 Å². The lowest BCUT2D eigenvalue weighted by atomic mass is 10.1. The number of furan rings is 1. The van der Waals surface area contributed by atoms with Crippen LogP contribution in [0.2, 0.25) is 0 Å². The Labute approximate surface area is 139 Å². The molecular weight excluding hydrogens is 306 g/mol. The largest absolute Gasteiger partial charge is 0.471 e. The Morgan fingerprint density at radius 3 is 3.00 bits per heavy atom. The molecule has 3 heterocycles. The number of hydrogen-bond acceptors (Lipinski definition) is 5. The molecule has 2 aromatic heterocycles. The first-order valence-electron chi connectivity index (χ1n) is 8.02. The smallest absolute Gasteiger partial charge is 0.289 e. The van der Waals surface area contributed by atoms with E-state index >= 15 is 0 Å². The van der Waals surface area contributed by atoms with Gasteiger partial charge in [0, 0.05) is 24.2 Å². The number of rotatable bonds is 3. The van der Waals surface area contributed by atoms with Gasteiger partial charge in [-0.25, -0.2) is 0 Å². The summed E-state index contributed by atoms with van der Waals surface area (Å²) in [6.07, 6.45) is 3.30. The fourth-order valence-corrected chi connectivity index (χ4v) is 2.98. The first-order chi connectivity index (χ1) is 11.8. The van der Waals surface area contributed by atoms with Crippen LogP contribution in [-0.2, 0) is 0 Å². The van der Waals surface area contributed by atoms with Gasteiger partial charge in [0.05, 0.1) is 6.54 Å². The van der Waals surface area contributed by atoms with Gasteiger partial charge >= 0.3 is 0 Å². The number of amides is 1. The quantitative estimate of drug-likeness (QED) is 0.741. The molecule has 6 nitrogen and oxygen atoms in total. The second kappa shape index (κ2) is 6.31. The summed E-state index contributed by atoms with van der Waals surface area (Å²) < 4.78 is 11.5. The van der Waals surface area contributed by atoms with Crippen LogP contribution in [0, 0.1) is 0 Å². The second-order valence-electron chi connectivity index (χ2n) is 5.84. The van der Waals surface area contributed by atoms with Gasteiger partial charge in [-0.2, -0.15) is 5.10 Å². The first kappa shape index (κ1) is 14.7. The summed E-state index contributed by atoms with van der Waals surface area (Å²) >= 11 is 0. The van der Waals surface area contributed by atoms with Crippen LogP contribution in [0.4, 0.5) is 0 Å². The zero-order chi connectivity index (χ0) is 16.4. The summed E-state index contributed by atoms with van der Waals surface area (Å²) in [4.78, 5) is 14.5. The van der Waals surface area contributed by atoms with Gasteiger partial charge in [0.25, 0.3) is 5.91 Å². The van der Waals surface area contributed by atoms with Crippen molar-refractivity contribution in [2.45, 2.75) is 18.9 Å². The van der Waals surface area contributed by atoms with Crippen LogP contribution >= 0.6 is 0 Å². The van der Waals surface area contributed by atoms with Crippen molar-refractivity contribution < 1.29 is 13.9 Å². The highest BCUT2D eigenvalue weighted by Crippen LogP contribution is 2.22. The van der Waals surface area contributed by atoms with Crippen molar-refractivity contribution in [3.05, 3.63) is 54.4 Å². The lowest BCUT2D eigenvalue weighted by molar-refractivity contribution is 0.0500. The molecule has 1 aromatic carbocycles. The number of hydrogen-bond donors (Lipinski definition) is 0. The molecule has 1 aliphatic heterocycles. The molecule has 3 aromatic rings. The molecular formula is C18H17N3O3. The Morgan fingerprint density at radius 2 is 2.17 bits per heavy atom. The number of fused-ring (bicyclic) bond motifs is 1. The van der Waals surface area contributed by atoms with E-state index < -0.39 is 0 Å². The minimum absolute atomic E-state index is 0.0798. The number of piperidine rings is 1. The molecule has 1 aliphatic rings. The van der Waals surface area contributed by atoms with Crippen LogP contribution in [-0.4, -0.2) is 40.2 Å². The molecule has 0 radical (unpaired) electrons. The predicted molar refractivity (Wildman–Crippen MR) is 87.8 cm³/mol. The van der Waals surface area contributed by atoms with Crippen LogP contribution < -0.4 is 4.74 Å². The summed E-state index contributed by atoms with van der Waals surface area (Å²) in [5, 5.41) is 8.68. The van der Waals surface area contributed by atoms with Crippen LogP contribution in [0.15, 0.2) is 53.1 Å². The van der Waals surface area contributed by atoms with Crippen LogP contribution in [0.5, 0.6) is 5.88 Å². The summed E-state index contributed by atoms with van der Waals surface area (Å²) in [7, 11) is 0. The normalized spacial score (nSPS) is 17.8. The standard InChI is InChI=1S/C18H17N3O3/c22-18(16-11-13-5-1-2-7-15(13)24-16)21-10-4-6-14(12-21)23-17-8-3-9-19-20-17/h1-3,5,7-9,11,14H,4,6,10,12H2. The van der Waals surface area contributed by atoms with Gasteiger partial charge in [0.1, 0.15) is 11.7 Å². The molecule has 0 saturated carbocycles. The molecule has 0 bridgehead atoms. The fourth-order valence-electron chi connectivity index (χ4n) is 2.98. The average Bonchev–Trinajstić information content (AvgIpc) is 3.06. The third-order valence-electron chi connectivity index (χ3n) is 4.14. The van der Waals surface area contributed by atoms with Crippen molar-refractivity contribution in [2.75, 3.05) is 13.1 Å². The van der Waals surface area contributed by atoms with E-state index in [1.807, 2.05) is 24.3 Å². The van der Waals surface area contributed by atoms with E-state index in [9.17, 15) is 4.79 Å². The fraction of sp³-hybridized carbons (Fsp3) is 0.278. The van der Waals surface area contributed by atoms with E-state index in [1.54, 1.807) is 29.3 Å². The zero-order valence-electron chi connectivity index (χ0n) is 13.1. The monoisotopic (exact) mass is 323 g/mol. The number of carbonyl (C=O) groups excluding carboxylic acids is 1. The van der Waals surface area contributed by atoms with Crippen molar-refractivity contribution in [1.82, 2.24) is 15.1 Å². The molecule has 4 rings (SSSR count). The number of nitrogens with zero attached hydrogens (tertiary/aromatic N) is 3. The maximum atomic E-state index is 12.7. The molecule has 1 unspecified atom stereocenters. The number of likely N-dealkylation sites (tertiary alicyclic amines) is 1. The van der Waals surface area contributed by atoms with Gasteiger partial charge in [-0.05, 0) is 31.0 Å². The molecule has 0 spiro atoms. The van der Waals surface area contributed by atoms with Gasteiger partial charge in [-0.1, -0.05) is 18.2 Å². The van der Waals surface area contributed by atoms with E-state index in [0.29, 0.717) is 24.7 Å². The predicted octanol–water partition coefficient (Wildman–Crippen LogP) is 2.91. The lowest BCUT2D eigenvalue weighted by Gasteiger charge is -2.31. The average molecular weight is 323 g/mol. The minimum atomic E-state index is -0.0985. The van der Waals surface area contributed by atoms with Crippen molar-refractivity contribution in [3.63, 3.8) is 0 Å². The molecule has 0 N–H and O–H groups in total. The van der Waals surface area contributed by atoms with Crippen LogP contribution in [0.3, 0.4) is 0 Å². The third kappa shape index (κ3) is 2.95. The van der Waals surface area contributed by atoms with E-state index in [4.69, 9.17) is 9.15 Å². The highest BCUT2D eigenvalue weighted by Gasteiger charge is 2.27. The van der Waals surface area contributed by atoms with Gasteiger partial charge < -0.3 is 14.1 Å². The number of ether oxygens (including phenoxy) is 1. The highest BCUT2D eigenvalue weighted by atomic mass is 16.5. The molecule has 122 valence electrons. The number of para-hydroxylation sites is 1. The van der Waals surface area contributed by atoms with E-state index in [0.717, 1.165) is 23.8 Å². The molecule has 24 heavy (non-hydrogen) atoms. The topological polar surface area (TPSA) is 68.5 Å². The second-order valence-corrected chi connectivity index (χ2v) is 5.84. The number of aromatic nitrogens is 2. The maximum Gasteiger partial charge on any atom is 0.289 e. The summed E-state index contributed by atoms with van der Waals surface area (Å²) in [6.45, 7) is 1.22. The zero-order valence-corrected chi connectivity index (χ0v) is 13.1. The molecule has 1 saturated heterocycles. The van der Waals surface area contributed by atoms with Gasteiger partial charge in [0.2, 0.25) is 5.88 Å². The molecule has 0 aliphatic carbocycles. The van der Waals surface area contributed by atoms with Crippen molar-refractivity contribution in [1.29, 1.82) is 0 Å². The molecule has 1 amide bonds. The SMILES string of the molecule is O=C(c1cc2ccccc2o1)N1CCCC(Oc2cccnn2)C1. The van der Waals surface area contributed by atoms with Gasteiger partial charge in [-0.15, -0.1) is 5.10 Å². The van der Waals surface area contributed by atoms with Crippen molar-refractivity contribution in [2.24, 2.45) is 0 Å². The highest BCUT2D eigenvalue weighted by molar-refractivity contribution is 5.96. The Kier molecular flexibility index (Phi) is 3.86. The van der Waals surface area contributed by atoms with E-state index in [-0.39, 0.29) is 12.0 Å². The number of carbonyl (C=O) groups is 1. The van der Waals surface area contributed by atoms with E-state index in [1.165, 1.54) is 0 Å². The number of benzene rings is 1. The van der Waals surface area contributed by atoms with Crippen LogP contribution in [0.1, 0.15) is 23.4 Å². The maximum absolute atomic E-state index is 12.7. The minimum Gasteiger partial charge on any atom is -0.471 e. The summed E-state index contributed by atoms with van der Waals surface area (Å²) in [5.74, 6) is 0.760. The Balaban J connectivity index is 1.48. The molecule has 1 fully saturated rings. The van der Waals surface area contributed by atoms with Crippen LogP contribution in [0.25, 0.3) is 11.0 Å². The van der Waals surface area contributed by atoms with E-state index in [2.05, 4.69) is 10.2 Å². The van der Waals surface area contributed by atoms with Gasteiger partial charge in [0.15, 0.2) is 5.76 Å². The van der Waals surface area contributed by atoms with Crippen molar-refractivity contribution >= 4 is 16.9 Å². The Morgan fingerprint density at radius 1 is 1.25 bits per heavy atom. The molecule has 1 atom stereocenters. The molecule has 6 heteroatoms. The third-order valence-corrected chi connectivity index (χ3v) is 4.14. The lowest BCUT2D eigenvalue weighted by Crippen LogP contribution is -2.44. The Hall–Kier alpha value is -2.89. The van der Waals surface area contributed by atoms with Crippen molar-refractivity contribution in [3.8, 4) is 5.88 Å². The summed E-state index contributed by atoms with van der Waals surface area (Å²) in [6, 6.07) is 13.0. The summed E-state index contributed by atoms with van der Waals surface area (Å²) in [5.41, 5.74) is 0.727.